The third kappa shape index (κ3) is 3.33. The monoisotopic (exact) mass is 293 g/mol. The van der Waals surface area contributed by atoms with Crippen molar-refractivity contribution in [2.75, 3.05) is 20.3 Å². The van der Waals surface area contributed by atoms with Crippen LogP contribution in [0.5, 0.6) is 5.75 Å². The zero-order valence-electron chi connectivity index (χ0n) is 12.1. The molecule has 114 valence electrons. The predicted molar refractivity (Wildman–Crippen MR) is 75.1 cm³/mol. The lowest BCUT2D eigenvalue weighted by molar-refractivity contribution is -0.145. The molecule has 0 aliphatic carbocycles. The number of esters is 1. The summed E-state index contributed by atoms with van der Waals surface area (Å²) < 4.78 is 10.0. The number of rotatable bonds is 4. The van der Waals surface area contributed by atoms with Crippen LogP contribution in [0.2, 0.25) is 0 Å². The Bertz CT molecular complexity index is 513. The molecule has 1 fully saturated rings. The Labute approximate surface area is 123 Å². The fraction of sp³-hybridized carbons (Fsp3) is 0.467. The molecule has 0 bridgehead atoms. The summed E-state index contributed by atoms with van der Waals surface area (Å²) in [6.45, 7) is 2.56. The van der Waals surface area contributed by atoms with E-state index in [1.165, 1.54) is 12.0 Å². The fourth-order valence-electron chi connectivity index (χ4n) is 2.42. The van der Waals surface area contributed by atoms with Crippen molar-refractivity contribution >= 4 is 11.9 Å². The van der Waals surface area contributed by atoms with Gasteiger partial charge in [-0.25, -0.2) is 4.79 Å². The second-order valence-corrected chi connectivity index (χ2v) is 4.84. The minimum absolute atomic E-state index is 0.131. The van der Waals surface area contributed by atoms with E-state index in [-0.39, 0.29) is 18.9 Å². The zero-order valence-corrected chi connectivity index (χ0v) is 12.1. The molecule has 1 aromatic rings. The first-order valence-corrected chi connectivity index (χ1v) is 6.86. The van der Waals surface area contributed by atoms with Crippen LogP contribution in [0.25, 0.3) is 0 Å². The first-order chi connectivity index (χ1) is 10.1. The van der Waals surface area contributed by atoms with Gasteiger partial charge in [0.1, 0.15) is 11.8 Å². The summed E-state index contributed by atoms with van der Waals surface area (Å²) in [5.41, 5.74) is 0.446. The van der Waals surface area contributed by atoms with Gasteiger partial charge in [-0.3, -0.25) is 4.79 Å². The highest BCUT2D eigenvalue weighted by Crippen LogP contribution is 2.22. The second-order valence-electron chi connectivity index (χ2n) is 4.84. The Kier molecular flexibility index (Phi) is 4.80. The fourth-order valence-corrected chi connectivity index (χ4v) is 2.42. The first-order valence-electron chi connectivity index (χ1n) is 6.86. The molecule has 6 heteroatoms. The lowest BCUT2D eigenvalue weighted by atomic mass is 10.1. The number of nitrogens with zero attached hydrogens (tertiary/aromatic N) is 1. The van der Waals surface area contributed by atoms with Crippen molar-refractivity contribution in [3.63, 3.8) is 0 Å². The maximum Gasteiger partial charge on any atom is 0.328 e. The van der Waals surface area contributed by atoms with Crippen molar-refractivity contribution < 1.29 is 24.2 Å². The van der Waals surface area contributed by atoms with Crippen molar-refractivity contribution in [2.45, 2.75) is 25.5 Å². The van der Waals surface area contributed by atoms with Crippen LogP contribution in [0.3, 0.4) is 0 Å². The van der Waals surface area contributed by atoms with Gasteiger partial charge in [-0.05, 0) is 31.2 Å². The van der Waals surface area contributed by atoms with Crippen molar-refractivity contribution in [3.05, 3.63) is 29.8 Å². The molecule has 1 aromatic carbocycles. The second kappa shape index (κ2) is 6.58. The molecule has 0 saturated carbocycles. The minimum atomic E-state index is -0.732. The van der Waals surface area contributed by atoms with Crippen LogP contribution in [-0.2, 0) is 9.53 Å². The average Bonchev–Trinajstić information content (AvgIpc) is 2.89. The van der Waals surface area contributed by atoms with E-state index in [0.717, 1.165) is 0 Å². The summed E-state index contributed by atoms with van der Waals surface area (Å²) >= 11 is 0. The molecule has 0 radical (unpaired) electrons. The zero-order chi connectivity index (χ0) is 15.4. The van der Waals surface area contributed by atoms with E-state index in [2.05, 4.69) is 4.74 Å². The number of likely N-dealkylation sites (tertiary alicyclic amines) is 1. The van der Waals surface area contributed by atoms with Crippen LogP contribution in [0.4, 0.5) is 0 Å². The predicted octanol–water partition coefficient (Wildman–Crippen LogP) is 0.834. The van der Waals surface area contributed by atoms with Crippen LogP contribution in [-0.4, -0.2) is 54.3 Å². The van der Waals surface area contributed by atoms with Crippen LogP contribution in [0, 0.1) is 0 Å². The maximum atomic E-state index is 12.5. The van der Waals surface area contributed by atoms with Gasteiger partial charge >= 0.3 is 5.97 Å². The molecule has 1 aliphatic heterocycles. The SMILES string of the molecule is CCOc1ccc(C(=O)N2CC(O)CC2C(=O)OC)cc1. The summed E-state index contributed by atoms with van der Waals surface area (Å²) in [6, 6.07) is 5.97. The molecule has 0 spiro atoms. The molecule has 1 aliphatic rings. The van der Waals surface area contributed by atoms with Crippen LogP contribution in [0.15, 0.2) is 24.3 Å². The van der Waals surface area contributed by atoms with Gasteiger partial charge in [-0.2, -0.15) is 0 Å². The molecule has 21 heavy (non-hydrogen) atoms. The van der Waals surface area contributed by atoms with E-state index in [1.807, 2.05) is 6.92 Å². The number of hydrogen-bond donors (Lipinski definition) is 1. The van der Waals surface area contributed by atoms with E-state index in [0.29, 0.717) is 17.9 Å². The molecule has 1 N–H and O–H groups in total. The highest BCUT2D eigenvalue weighted by atomic mass is 16.5. The van der Waals surface area contributed by atoms with Crippen molar-refractivity contribution in [3.8, 4) is 5.75 Å². The lowest BCUT2D eigenvalue weighted by Gasteiger charge is -2.22. The summed E-state index contributed by atoms with van der Waals surface area (Å²) in [4.78, 5) is 25.5. The van der Waals surface area contributed by atoms with Gasteiger partial charge in [0.15, 0.2) is 0 Å². The van der Waals surface area contributed by atoms with Gasteiger partial charge in [0, 0.05) is 18.5 Å². The van der Waals surface area contributed by atoms with E-state index in [9.17, 15) is 14.7 Å². The van der Waals surface area contributed by atoms with Gasteiger partial charge in [0.05, 0.1) is 19.8 Å². The third-order valence-corrected chi connectivity index (χ3v) is 3.43. The normalized spacial score (nSPS) is 21.2. The van der Waals surface area contributed by atoms with E-state index in [4.69, 9.17) is 4.74 Å². The number of aliphatic hydroxyl groups is 1. The number of benzene rings is 1. The quantitative estimate of drug-likeness (QED) is 0.832. The molecule has 6 nitrogen and oxygen atoms in total. The lowest BCUT2D eigenvalue weighted by Crippen LogP contribution is -2.41. The summed E-state index contributed by atoms with van der Waals surface area (Å²) in [5, 5.41) is 9.70. The molecule has 2 unspecified atom stereocenters. The maximum absolute atomic E-state index is 12.5. The number of ether oxygens (including phenoxy) is 2. The molecule has 2 atom stereocenters. The number of carbonyl (C=O) groups excluding carboxylic acids is 2. The summed E-state index contributed by atoms with van der Waals surface area (Å²) in [6.07, 6.45) is -0.504. The first kappa shape index (κ1) is 15.3. The van der Waals surface area contributed by atoms with Crippen LogP contribution < -0.4 is 4.74 Å². The molecule has 2 rings (SSSR count). The van der Waals surface area contributed by atoms with Crippen LogP contribution >= 0.6 is 0 Å². The summed E-state index contributed by atoms with van der Waals surface area (Å²) in [5.74, 6) is -0.129. The van der Waals surface area contributed by atoms with Gasteiger partial charge in [0.2, 0.25) is 0 Å². The molecule has 1 saturated heterocycles. The number of amides is 1. The van der Waals surface area contributed by atoms with Crippen molar-refractivity contribution in [1.29, 1.82) is 0 Å². The molecular weight excluding hydrogens is 274 g/mol. The molecule has 0 aromatic heterocycles. The number of hydrogen-bond acceptors (Lipinski definition) is 5. The topological polar surface area (TPSA) is 76.1 Å². The molecular formula is C15H19NO5. The largest absolute Gasteiger partial charge is 0.494 e. The van der Waals surface area contributed by atoms with Gasteiger partial charge in [-0.1, -0.05) is 0 Å². The Morgan fingerprint density at radius 2 is 2.00 bits per heavy atom. The highest BCUT2D eigenvalue weighted by Gasteiger charge is 2.39. The number of aliphatic hydroxyl groups excluding tert-OH is 1. The number of methoxy groups -OCH3 is 1. The Morgan fingerprint density at radius 1 is 1.33 bits per heavy atom. The Hall–Kier alpha value is -2.08. The number of carbonyl (C=O) groups is 2. The van der Waals surface area contributed by atoms with Crippen molar-refractivity contribution in [2.24, 2.45) is 0 Å². The van der Waals surface area contributed by atoms with Gasteiger partial charge < -0.3 is 19.5 Å². The van der Waals surface area contributed by atoms with Crippen LogP contribution in [0.1, 0.15) is 23.7 Å². The van der Waals surface area contributed by atoms with Crippen molar-refractivity contribution in [1.82, 2.24) is 4.90 Å². The van der Waals surface area contributed by atoms with Gasteiger partial charge in [0.25, 0.3) is 5.91 Å². The number of β-amino-alcohol motifs (C(OH)–C–C–N with tert-alkyl or cyclic N) is 1. The average molecular weight is 293 g/mol. The third-order valence-electron chi connectivity index (χ3n) is 3.43. The van der Waals surface area contributed by atoms with E-state index in [1.54, 1.807) is 24.3 Å². The van der Waals surface area contributed by atoms with Gasteiger partial charge in [-0.15, -0.1) is 0 Å². The Morgan fingerprint density at radius 3 is 2.57 bits per heavy atom. The minimum Gasteiger partial charge on any atom is -0.494 e. The van der Waals surface area contributed by atoms with E-state index < -0.39 is 18.1 Å². The standard InChI is InChI=1S/C15H19NO5/c1-3-21-12-6-4-10(5-7-12)14(18)16-9-11(17)8-13(16)15(19)20-2/h4-7,11,13,17H,3,8-9H2,1-2H3. The molecule has 1 heterocycles. The Balaban J connectivity index is 2.15. The van der Waals surface area contributed by atoms with E-state index >= 15 is 0 Å². The highest BCUT2D eigenvalue weighted by molar-refractivity contribution is 5.97. The summed E-state index contributed by atoms with van der Waals surface area (Å²) in [7, 11) is 1.27. The molecule has 1 amide bonds. The smallest absolute Gasteiger partial charge is 0.328 e.